The van der Waals surface area contributed by atoms with Crippen LogP contribution in [-0.4, -0.2) is 6.61 Å². The van der Waals surface area contributed by atoms with Crippen LogP contribution >= 0.6 is 15.9 Å². The molecule has 0 fully saturated rings. The second kappa shape index (κ2) is 6.82. The van der Waals surface area contributed by atoms with Crippen molar-refractivity contribution in [2.75, 3.05) is 6.61 Å². The quantitative estimate of drug-likeness (QED) is 0.762. The van der Waals surface area contributed by atoms with Gasteiger partial charge < -0.3 is 4.74 Å². The molecule has 0 bridgehead atoms. The third-order valence-electron chi connectivity index (χ3n) is 2.38. The van der Waals surface area contributed by atoms with E-state index in [0.717, 1.165) is 21.4 Å². The van der Waals surface area contributed by atoms with E-state index in [1.807, 2.05) is 54.6 Å². The predicted molar refractivity (Wildman–Crippen MR) is 82.1 cm³/mol. The molecule has 1 nitrogen and oxygen atoms in total. The maximum Gasteiger partial charge on any atom is 0.120 e. The van der Waals surface area contributed by atoms with E-state index < -0.39 is 0 Å². The molecule has 2 aromatic rings. The molecule has 2 rings (SSSR count). The lowest BCUT2D eigenvalue weighted by molar-refractivity contribution is 0.357. The molecule has 0 spiro atoms. The largest absolute Gasteiger partial charge is 0.488 e. The number of para-hydroxylation sites is 1. The molecule has 2 heteroatoms. The summed E-state index contributed by atoms with van der Waals surface area (Å²) in [6, 6.07) is 17.5. The summed E-state index contributed by atoms with van der Waals surface area (Å²) >= 11 is 3.39. The Kier molecular flexibility index (Phi) is 4.83. The molecular weight excluding hydrogens is 300 g/mol. The van der Waals surface area contributed by atoms with Crippen molar-refractivity contribution >= 4 is 15.9 Å². The lowest BCUT2D eigenvalue weighted by Gasteiger charge is -2.03. The molecule has 0 saturated heterocycles. The molecule has 0 saturated carbocycles. The highest BCUT2D eigenvalue weighted by atomic mass is 79.9. The number of hydrogen-bond donors (Lipinski definition) is 0. The monoisotopic (exact) mass is 312 g/mol. The minimum absolute atomic E-state index is 0.410. The van der Waals surface area contributed by atoms with E-state index in [1.165, 1.54) is 0 Å². The average molecular weight is 313 g/mol. The lowest BCUT2D eigenvalue weighted by Crippen LogP contribution is -1.98. The molecule has 0 radical (unpaired) electrons. The summed E-state index contributed by atoms with van der Waals surface area (Å²) in [5.41, 5.74) is 1.72. The first-order chi connectivity index (χ1) is 9.24. The molecule has 0 atom stereocenters. The zero-order valence-electron chi connectivity index (χ0n) is 10.4. The predicted octanol–water partition coefficient (Wildman–Crippen LogP) is 4.44. The Balaban J connectivity index is 1.90. The molecular formula is C17H13BrO. The summed E-state index contributed by atoms with van der Waals surface area (Å²) < 4.78 is 6.61. The fraction of sp³-hybridized carbons (Fsp3) is 0.0588. The Bertz CT molecular complexity index is 603. The van der Waals surface area contributed by atoms with Crippen molar-refractivity contribution in [1.82, 2.24) is 0 Å². The zero-order chi connectivity index (χ0) is 13.5. The van der Waals surface area contributed by atoms with Gasteiger partial charge in [0, 0.05) is 15.6 Å². The van der Waals surface area contributed by atoms with Crippen LogP contribution in [0.25, 0.3) is 0 Å². The molecule has 94 valence electrons. The molecule has 2 aromatic carbocycles. The first kappa shape index (κ1) is 13.5. The van der Waals surface area contributed by atoms with Crippen molar-refractivity contribution in [3.8, 4) is 17.6 Å². The van der Waals surface area contributed by atoms with Crippen LogP contribution in [0.4, 0.5) is 0 Å². The van der Waals surface area contributed by atoms with Crippen LogP contribution in [0.1, 0.15) is 5.56 Å². The first-order valence-corrected chi connectivity index (χ1v) is 6.66. The molecule has 0 aliphatic carbocycles. The molecule has 0 unspecified atom stereocenters. The Morgan fingerprint density at radius 1 is 1.05 bits per heavy atom. The van der Waals surface area contributed by atoms with Gasteiger partial charge in [-0.1, -0.05) is 52.5 Å². The highest BCUT2D eigenvalue weighted by molar-refractivity contribution is 9.10. The number of hydrogen-bond acceptors (Lipinski definition) is 1. The Labute approximate surface area is 122 Å². The van der Waals surface area contributed by atoms with Crippen LogP contribution in [-0.2, 0) is 0 Å². The summed E-state index contributed by atoms with van der Waals surface area (Å²) in [5, 5.41) is 0. The van der Waals surface area contributed by atoms with E-state index >= 15 is 0 Å². The molecule has 0 aromatic heterocycles. The van der Waals surface area contributed by atoms with Gasteiger partial charge in [-0.15, -0.1) is 0 Å². The van der Waals surface area contributed by atoms with Crippen LogP contribution in [0.15, 0.2) is 71.2 Å². The van der Waals surface area contributed by atoms with E-state index in [2.05, 4.69) is 34.3 Å². The van der Waals surface area contributed by atoms with Gasteiger partial charge in [0.1, 0.15) is 12.4 Å². The van der Waals surface area contributed by atoms with E-state index in [4.69, 9.17) is 4.74 Å². The first-order valence-electron chi connectivity index (χ1n) is 5.87. The van der Waals surface area contributed by atoms with E-state index in [-0.39, 0.29) is 0 Å². The maximum atomic E-state index is 5.57. The van der Waals surface area contributed by atoms with Crippen LogP contribution in [0.2, 0.25) is 0 Å². The normalized spacial score (nSPS) is 9.32. The Morgan fingerprint density at radius 2 is 1.74 bits per heavy atom. The topological polar surface area (TPSA) is 9.23 Å². The van der Waals surface area contributed by atoms with Crippen molar-refractivity contribution in [3.05, 3.63) is 76.8 Å². The molecule has 0 amide bonds. The Morgan fingerprint density at radius 3 is 2.42 bits per heavy atom. The third-order valence-corrected chi connectivity index (χ3v) is 2.91. The summed E-state index contributed by atoms with van der Waals surface area (Å²) in [5.74, 6) is 6.89. The van der Waals surface area contributed by atoms with Crippen molar-refractivity contribution in [3.63, 3.8) is 0 Å². The van der Waals surface area contributed by atoms with Crippen LogP contribution < -0.4 is 4.74 Å². The van der Waals surface area contributed by atoms with Crippen LogP contribution in [0.3, 0.4) is 0 Å². The fourth-order valence-corrected chi connectivity index (χ4v) is 1.68. The van der Waals surface area contributed by atoms with Crippen LogP contribution in [0.5, 0.6) is 5.75 Å². The summed E-state index contributed by atoms with van der Waals surface area (Å²) in [6.45, 7) is 4.30. The highest BCUT2D eigenvalue weighted by Gasteiger charge is 1.93. The summed E-state index contributed by atoms with van der Waals surface area (Å²) in [6.07, 6.45) is 0. The van der Waals surface area contributed by atoms with Gasteiger partial charge >= 0.3 is 0 Å². The van der Waals surface area contributed by atoms with Gasteiger partial charge in [-0.2, -0.15) is 0 Å². The SMILES string of the molecule is C=C(C#Cc1ccc(Br)cc1)COc1ccccc1. The standard InChI is InChI=1S/C17H13BrO/c1-14(13-19-17-5-3-2-4-6-17)7-8-15-9-11-16(18)12-10-15/h2-6,9-12H,1,13H2. The fourth-order valence-electron chi connectivity index (χ4n) is 1.42. The minimum atomic E-state index is 0.410. The van der Waals surface area contributed by atoms with Gasteiger partial charge in [0.25, 0.3) is 0 Å². The summed E-state index contributed by atoms with van der Waals surface area (Å²) in [7, 11) is 0. The van der Waals surface area contributed by atoms with Crippen molar-refractivity contribution in [2.45, 2.75) is 0 Å². The van der Waals surface area contributed by atoms with E-state index in [9.17, 15) is 0 Å². The van der Waals surface area contributed by atoms with Gasteiger partial charge in [0.15, 0.2) is 0 Å². The number of rotatable bonds is 3. The van der Waals surface area contributed by atoms with Gasteiger partial charge in [-0.25, -0.2) is 0 Å². The van der Waals surface area contributed by atoms with Gasteiger partial charge in [-0.05, 0) is 36.4 Å². The van der Waals surface area contributed by atoms with Crippen molar-refractivity contribution < 1.29 is 4.74 Å². The van der Waals surface area contributed by atoms with E-state index in [1.54, 1.807) is 0 Å². The van der Waals surface area contributed by atoms with Crippen molar-refractivity contribution in [2.24, 2.45) is 0 Å². The molecule has 19 heavy (non-hydrogen) atoms. The number of ether oxygens (including phenoxy) is 1. The summed E-state index contributed by atoms with van der Waals surface area (Å²) in [4.78, 5) is 0. The molecule has 0 aliphatic rings. The number of benzene rings is 2. The lowest BCUT2D eigenvalue weighted by atomic mass is 10.2. The second-order valence-corrected chi connectivity index (χ2v) is 4.88. The molecule has 0 aliphatic heterocycles. The zero-order valence-corrected chi connectivity index (χ0v) is 12.0. The highest BCUT2D eigenvalue weighted by Crippen LogP contribution is 2.10. The van der Waals surface area contributed by atoms with Gasteiger partial charge in [0.2, 0.25) is 0 Å². The Hall–Kier alpha value is -1.98. The molecule has 0 heterocycles. The van der Waals surface area contributed by atoms with Gasteiger partial charge in [0.05, 0.1) is 0 Å². The molecule has 0 N–H and O–H groups in total. The smallest absolute Gasteiger partial charge is 0.120 e. The van der Waals surface area contributed by atoms with Crippen LogP contribution in [0, 0.1) is 11.8 Å². The van der Waals surface area contributed by atoms with Gasteiger partial charge in [-0.3, -0.25) is 0 Å². The minimum Gasteiger partial charge on any atom is -0.488 e. The third kappa shape index (κ3) is 4.65. The number of halogens is 1. The average Bonchev–Trinajstić information content (AvgIpc) is 2.45. The van der Waals surface area contributed by atoms with E-state index in [0.29, 0.717) is 6.61 Å². The van der Waals surface area contributed by atoms with Crippen molar-refractivity contribution in [1.29, 1.82) is 0 Å². The second-order valence-electron chi connectivity index (χ2n) is 3.96. The maximum absolute atomic E-state index is 5.57.